The van der Waals surface area contributed by atoms with Gasteiger partial charge in [-0.15, -0.1) is 0 Å². The van der Waals surface area contributed by atoms with Crippen molar-refractivity contribution in [3.05, 3.63) is 48.5 Å². The van der Waals surface area contributed by atoms with Crippen LogP contribution in [0.1, 0.15) is 31.4 Å². The maximum absolute atomic E-state index is 13.0. The highest BCUT2D eigenvalue weighted by molar-refractivity contribution is 5.88. The Hall–Kier alpha value is -2.57. The van der Waals surface area contributed by atoms with Gasteiger partial charge in [0.25, 0.3) is 0 Å². The molecule has 0 amide bonds. The SMILES string of the molecule is CN1CCN(CC2CCC(C(=O)Cc3cc4cc(-c5cn[nH]c5)ccc4cn3)CC2)CC1. The van der Waals surface area contributed by atoms with Crippen molar-refractivity contribution in [2.75, 3.05) is 39.8 Å². The van der Waals surface area contributed by atoms with Crippen LogP contribution in [0.3, 0.4) is 0 Å². The number of pyridine rings is 1. The molecule has 1 saturated carbocycles. The third-order valence-corrected chi connectivity index (χ3v) is 7.38. The van der Waals surface area contributed by atoms with Crippen LogP contribution in [0.2, 0.25) is 0 Å². The molecule has 0 spiro atoms. The fraction of sp³-hybridized carbons (Fsp3) is 0.500. The van der Waals surface area contributed by atoms with Crippen molar-refractivity contribution in [1.82, 2.24) is 25.0 Å². The smallest absolute Gasteiger partial charge is 0.141 e. The molecule has 2 aromatic heterocycles. The lowest BCUT2D eigenvalue weighted by atomic mass is 9.79. The van der Waals surface area contributed by atoms with Gasteiger partial charge in [0.15, 0.2) is 0 Å². The predicted octanol–water partition coefficient (Wildman–Crippen LogP) is 3.79. The van der Waals surface area contributed by atoms with Crippen LogP contribution in [-0.4, -0.2) is 70.5 Å². The van der Waals surface area contributed by atoms with Gasteiger partial charge in [-0.1, -0.05) is 12.1 Å². The number of carbonyl (C=O) groups is 1. The number of benzene rings is 1. The van der Waals surface area contributed by atoms with Gasteiger partial charge < -0.3 is 9.80 Å². The number of aromatic amines is 1. The minimum absolute atomic E-state index is 0.202. The molecule has 3 heterocycles. The monoisotopic (exact) mass is 431 g/mol. The standard InChI is InChI=1S/C26H33N5O/c1-30-8-10-31(11-9-30)18-19-2-4-20(5-3-19)26(32)14-25-13-23-12-21(24-16-28-29-17-24)6-7-22(23)15-27-25/h6-7,12-13,15-17,19-20H,2-5,8-11,14,18H2,1H3,(H,28,29). The van der Waals surface area contributed by atoms with Gasteiger partial charge in [0.2, 0.25) is 0 Å². The zero-order chi connectivity index (χ0) is 21.9. The van der Waals surface area contributed by atoms with Crippen LogP contribution in [0.5, 0.6) is 0 Å². The van der Waals surface area contributed by atoms with Crippen LogP contribution < -0.4 is 0 Å². The first-order valence-electron chi connectivity index (χ1n) is 12.0. The Balaban J connectivity index is 1.17. The quantitative estimate of drug-likeness (QED) is 0.643. The number of ketones is 1. The number of likely N-dealkylation sites (N-methyl/N-ethyl adjacent to an activating group) is 1. The fourth-order valence-corrected chi connectivity index (χ4v) is 5.26. The molecule has 1 aromatic carbocycles. The van der Waals surface area contributed by atoms with E-state index < -0.39 is 0 Å². The van der Waals surface area contributed by atoms with Gasteiger partial charge >= 0.3 is 0 Å². The van der Waals surface area contributed by atoms with Crippen LogP contribution in [-0.2, 0) is 11.2 Å². The Morgan fingerprint density at radius 3 is 2.56 bits per heavy atom. The lowest BCUT2D eigenvalue weighted by molar-refractivity contribution is -0.123. The number of piperazine rings is 1. The largest absolute Gasteiger partial charge is 0.304 e. The number of carbonyl (C=O) groups excluding carboxylic acids is 1. The van der Waals surface area contributed by atoms with Gasteiger partial charge in [-0.2, -0.15) is 5.10 Å². The molecule has 32 heavy (non-hydrogen) atoms. The van der Waals surface area contributed by atoms with Gasteiger partial charge in [0, 0.05) is 74.1 Å². The van der Waals surface area contributed by atoms with E-state index in [9.17, 15) is 4.79 Å². The van der Waals surface area contributed by atoms with Crippen molar-refractivity contribution in [3.8, 4) is 11.1 Å². The number of nitrogens with zero attached hydrogens (tertiary/aromatic N) is 4. The molecular formula is C26H33N5O. The third kappa shape index (κ3) is 4.92. The number of hydrogen-bond acceptors (Lipinski definition) is 5. The summed E-state index contributed by atoms with van der Waals surface area (Å²) >= 11 is 0. The summed E-state index contributed by atoms with van der Waals surface area (Å²) in [5.74, 6) is 1.32. The van der Waals surface area contributed by atoms with E-state index in [1.54, 1.807) is 0 Å². The van der Waals surface area contributed by atoms with Crippen molar-refractivity contribution in [2.45, 2.75) is 32.1 Å². The van der Waals surface area contributed by atoms with E-state index >= 15 is 0 Å². The zero-order valence-electron chi connectivity index (χ0n) is 19.0. The molecule has 1 N–H and O–H groups in total. The summed E-state index contributed by atoms with van der Waals surface area (Å²) in [5.41, 5.74) is 3.06. The minimum Gasteiger partial charge on any atom is -0.304 e. The van der Waals surface area contributed by atoms with Crippen molar-refractivity contribution < 1.29 is 4.79 Å². The Morgan fingerprint density at radius 1 is 1.00 bits per heavy atom. The van der Waals surface area contributed by atoms with Gasteiger partial charge in [0.1, 0.15) is 5.78 Å². The highest BCUT2D eigenvalue weighted by Crippen LogP contribution is 2.31. The van der Waals surface area contributed by atoms with E-state index in [4.69, 9.17) is 0 Å². The second-order valence-electron chi connectivity index (χ2n) is 9.69. The van der Waals surface area contributed by atoms with E-state index in [-0.39, 0.29) is 5.92 Å². The topological polar surface area (TPSA) is 65.1 Å². The number of hydrogen-bond donors (Lipinski definition) is 1. The lowest BCUT2D eigenvalue weighted by Crippen LogP contribution is -2.46. The molecule has 6 nitrogen and oxygen atoms in total. The summed E-state index contributed by atoms with van der Waals surface area (Å²) in [6.07, 6.45) is 10.5. The Morgan fingerprint density at radius 2 is 1.81 bits per heavy atom. The van der Waals surface area contributed by atoms with Gasteiger partial charge in [-0.25, -0.2) is 0 Å². The minimum atomic E-state index is 0.202. The van der Waals surface area contributed by atoms with Crippen LogP contribution in [0.4, 0.5) is 0 Å². The average Bonchev–Trinajstić information content (AvgIpc) is 3.36. The molecule has 0 bridgehead atoms. The summed E-state index contributed by atoms with van der Waals surface area (Å²) in [6.45, 7) is 5.93. The average molecular weight is 432 g/mol. The molecule has 3 aromatic rings. The zero-order valence-corrected chi connectivity index (χ0v) is 19.0. The molecule has 2 aliphatic rings. The van der Waals surface area contributed by atoms with Gasteiger partial charge in [-0.05, 0) is 61.7 Å². The lowest BCUT2D eigenvalue weighted by Gasteiger charge is -2.36. The molecule has 2 fully saturated rings. The summed E-state index contributed by atoms with van der Waals surface area (Å²) in [4.78, 5) is 22.6. The maximum atomic E-state index is 13.0. The molecule has 1 aliphatic carbocycles. The summed E-state index contributed by atoms with van der Waals surface area (Å²) in [5, 5.41) is 9.13. The second kappa shape index (κ2) is 9.51. The first-order chi connectivity index (χ1) is 15.6. The van der Waals surface area contributed by atoms with Crippen LogP contribution in [0, 0.1) is 11.8 Å². The predicted molar refractivity (Wildman–Crippen MR) is 127 cm³/mol. The van der Waals surface area contributed by atoms with Crippen LogP contribution >= 0.6 is 0 Å². The van der Waals surface area contributed by atoms with E-state index in [1.165, 1.54) is 45.6 Å². The molecule has 5 rings (SSSR count). The molecule has 6 heteroatoms. The molecule has 0 radical (unpaired) electrons. The number of H-pyrrole nitrogens is 1. The number of nitrogens with one attached hydrogen (secondary N) is 1. The summed E-state index contributed by atoms with van der Waals surface area (Å²) in [6, 6.07) is 8.40. The summed E-state index contributed by atoms with van der Waals surface area (Å²) in [7, 11) is 2.21. The highest BCUT2D eigenvalue weighted by Gasteiger charge is 2.28. The number of aromatic nitrogens is 3. The highest BCUT2D eigenvalue weighted by atomic mass is 16.1. The van der Waals surface area contributed by atoms with Crippen LogP contribution in [0.15, 0.2) is 42.9 Å². The van der Waals surface area contributed by atoms with Crippen LogP contribution in [0.25, 0.3) is 21.9 Å². The van der Waals surface area contributed by atoms with E-state index in [2.05, 4.69) is 56.3 Å². The van der Waals surface area contributed by atoms with Crippen molar-refractivity contribution in [1.29, 1.82) is 0 Å². The van der Waals surface area contributed by atoms with Crippen molar-refractivity contribution >= 4 is 16.6 Å². The molecule has 1 aliphatic heterocycles. The Kier molecular flexibility index (Phi) is 6.32. The van der Waals surface area contributed by atoms with Gasteiger partial charge in [0.05, 0.1) is 6.20 Å². The summed E-state index contributed by atoms with van der Waals surface area (Å²) < 4.78 is 0. The molecule has 0 unspecified atom stereocenters. The Labute approximate surface area is 190 Å². The number of Topliss-reactive ketones (excluding diaryl/α,β-unsaturated/α-hetero) is 1. The van der Waals surface area contributed by atoms with Crippen molar-refractivity contribution in [3.63, 3.8) is 0 Å². The molecule has 1 saturated heterocycles. The van der Waals surface area contributed by atoms with E-state index in [0.29, 0.717) is 12.2 Å². The van der Waals surface area contributed by atoms with E-state index in [0.717, 1.165) is 46.4 Å². The second-order valence-corrected chi connectivity index (χ2v) is 9.69. The number of fused-ring (bicyclic) bond motifs is 1. The molecule has 0 atom stereocenters. The Bertz CT molecular complexity index is 1050. The molecule has 168 valence electrons. The van der Waals surface area contributed by atoms with E-state index in [1.807, 2.05) is 18.6 Å². The third-order valence-electron chi connectivity index (χ3n) is 7.38. The number of rotatable bonds is 6. The first kappa shape index (κ1) is 21.3. The molecular weight excluding hydrogens is 398 g/mol. The maximum Gasteiger partial charge on any atom is 0.141 e. The fourth-order valence-electron chi connectivity index (χ4n) is 5.26. The normalized spacial score (nSPS) is 22.9. The van der Waals surface area contributed by atoms with Crippen molar-refractivity contribution in [2.24, 2.45) is 11.8 Å². The first-order valence-corrected chi connectivity index (χ1v) is 12.0. The van der Waals surface area contributed by atoms with Gasteiger partial charge in [-0.3, -0.25) is 14.9 Å².